The fraction of sp³-hybridized carbons (Fsp3) is 0.600. The minimum Gasteiger partial charge on any atom is -0.398 e. The Kier molecular flexibility index (Phi) is 3.49. The van der Waals surface area contributed by atoms with Gasteiger partial charge in [0.15, 0.2) is 0 Å². The van der Waals surface area contributed by atoms with E-state index in [1.807, 2.05) is 12.1 Å². The molecule has 18 heavy (non-hydrogen) atoms. The zero-order valence-corrected chi connectivity index (χ0v) is 11.5. The van der Waals surface area contributed by atoms with E-state index in [9.17, 15) is 0 Å². The van der Waals surface area contributed by atoms with Gasteiger partial charge in [0.2, 0.25) is 0 Å². The van der Waals surface area contributed by atoms with Gasteiger partial charge in [0.25, 0.3) is 0 Å². The van der Waals surface area contributed by atoms with Gasteiger partial charge in [-0.3, -0.25) is 4.90 Å². The average molecular weight is 265 g/mol. The lowest BCUT2D eigenvalue weighted by Crippen LogP contribution is -2.27. The van der Waals surface area contributed by atoms with E-state index in [2.05, 4.69) is 11.0 Å². The lowest BCUT2D eigenvalue weighted by atomic mass is 10.1. The molecule has 0 spiro atoms. The van der Waals surface area contributed by atoms with Crippen LogP contribution in [0.25, 0.3) is 0 Å². The van der Waals surface area contributed by atoms with Crippen LogP contribution in [0.2, 0.25) is 5.02 Å². The number of hydrogen-bond acceptors (Lipinski definition) is 2. The number of benzene rings is 1. The summed E-state index contributed by atoms with van der Waals surface area (Å²) < 4.78 is 0. The van der Waals surface area contributed by atoms with Gasteiger partial charge in [-0.2, -0.15) is 0 Å². The van der Waals surface area contributed by atoms with Crippen molar-refractivity contribution in [3.63, 3.8) is 0 Å². The summed E-state index contributed by atoms with van der Waals surface area (Å²) in [6.45, 7) is 3.55. The summed E-state index contributed by atoms with van der Waals surface area (Å²) in [4.78, 5) is 2.61. The summed E-state index contributed by atoms with van der Waals surface area (Å²) in [7, 11) is 0. The molecule has 2 fully saturated rings. The molecule has 2 aliphatic carbocycles. The van der Waals surface area contributed by atoms with Gasteiger partial charge in [-0.1, -0.05) is 17.7 Å². The highest BCUT2D eigenvalue weighted by molar-refractivity contribution is 6.33. The van der Waals surface area contributed by atoms with Gasteiger partial charge >= 0.3 is 0 Å². The highest BCUT2D eigenvalue weighted by Gasteiger charge is 2.29. The predicted octanol–water partition coefficient (Wildman–Crippen LogP) is 3.54. The number of halogens is 1. The van der Waals surface area contributed by atoms with E-state index in [1.54, 1.807) is 0 Å². The Morgan fingerprint density at radius 3 is 2.22 bits per heavy atom. The highest BCUT2D eigenvalue weighted by Crippen LogP contribution is 2.34. The van der Waals surface area contributed by atoms with E-state index in [4.69, 9.17) is 17.3 Å². The first-order valence-corrected chi connectivity index (χ1v) is 7.35. The smallest absolute Gasteiger partial charge is 0.0638 e. The van der Waals surface area contributed by atoms with Crippen molar-refractivity contribution in [3.8, 4) is 0 Å². The molecule has 0 saturated heterocycles. The van der Waals surface area contributed by atoms with Crippen molar-refractivity contribution < 1.29 is 0 Å². The minimum absolute atomic E-state index is 0.677. The fourth-order valence-corrected chi connectivity index (χ4v) is 2.67. The van der Waals surface area contributed by atoms with Crippen molar-refractivity contribution in [1.29, 1.82) is 0 Å². The van der Waals surface area contributed by atoms with E-state index in [0.29, 0.717) is 10.7 Å². The predicted molar refractivity (Wildman–Crippen MR) is 76.6 cm³/mol. The SMILES string of the molecule is Nc1ccc(CN(CC2CC2)CC2CC2)cc1Cl. The van der Waals surface area contributed by atoms with E-state index in [0.717, 1.165) is 18.4 Å². The first kappa shape index (κ1) is 12.3. The van der Waals surface area contributed by atoms with Crippen molar-refractivity contribution in [2.24, 2.45) is 11.8 Å². The fourth-order valence-electron chi connectivity index (χ4n) is 2.46. The molecule has 2 N–H and O–H groups in total. The summed E-state index contributed by atoms with van der Waals surface area (Å²) in [6, 6.07) is 6.04. The average Bonchev–Trinajstić information content (AvgIpc) is 3.19. The normalized spacial score (nSPS) is 19.4. The van der Waals surface area contributed by atoms with E-state index >= 15 is 0 Å². The van der Waals surface area contributed by atoms with E-state index < -0.39 is 0 Å². The molecular weight excluding hydrogens is 244 g/mol. The van der Waals surface area contributed by atoms with Crippen LogP contribution in [0, 0.1) is 11.8 Å². The summed E-state index contributed by atoms with van der Waals surface area (Å²) in [5.74, 6) is 1.90. The van der Waals surface area contributed by atoms with Gasteiger partial charge in [0.1, 0.15) is 0 Å². The highest BCUT2D eigenvalue weighted by atomic mass is 35.5. The zero-order chi connectivity index (χ0) is 12.5. The Hall–Kier alpha value is -0.730. The second-order valence-corrected chi connectivity index (χ2v) is 6.34. The Balaban J connectivity index is 1.63. The molecule has 0 aliphatic heterocycles. The van der Waals surface area contributed by atoms with Gasteiger partial charge < -0.3 is 5.73 Å². The van der Waals surface area contributed by atoms with Crippen LogP contribution in [0.15, 0.2) is 18.2 Å². The molecule has 98 valence electrons. The van der Waals surface area contributed by atoms with Crippen LogP contribution in [0.3, 0.4) is 0 Å². The number of rotatable bonds is 6. The largest absolute Gasteiger partial charge is 0.398 e. The van der Waals surface area contributed by atoms with Gasteiger partial charge in [-0.25, -0.2) is 0 Å². The lowest BCUT2D eigenvalue weighted by Gasteiger charge is -2.22. The molecule has 0 atom stereocenters. The zero-order valence-electron chi connectivity index (χ0n) is 10.7. The summed E-state index contributed by atoms with van der Waals surface area (Å²) in [6.07, 6.45) is 5.68. The second-order valence-electron chi connectivity index (χ2n) is 5.94. The molecule has 2 nitrogen and oxygen atoms in total. The van der Waals surface area contributed by atoms with Crippen LogP contribution in [-0.4, -0.2) is 18.0 Å². The summed E-state index contributed by atoms with van der Waals surface area (Å²) >= 11 is 6.09. The molecule has 3 heteroatoms. The van der Waals surface area contributed by atoms with Gasteiger partial charge in [-0.15, -0.1) is 0 Å². The maximum absolute atomic E-state index is 6.09. The Labute approximate surface area is 114 Å². The monoisotopic (exact) mass is 264 g/mol. The standard InChI is InChI=1S/C15H21ClN2/c16-14-7-13(5-6-15(14)17)10-18(8-11-1-2-11)9-12-3-4-12/h5-7,11-12H,1-4,8-10,17H2. The summed E-state index contributed by atoms with van der Waals surface area (Å²) in [5.41, 5.74) is 7.72. The topological polar surface area (TPSA) is 29.3 Å². The van der Waals surface area contributed by atoms with Crippen molar-refractivity contribution in [1.82, 2.24) is 4.90 Å². The molecule has 2 saturated carbocycles. The van der Waals surface area contributed by atoms with Crippen molar-refractivity contribution in [2.45, 2.75) is 32.2 Å². The van der Waals surface area contributed by atoms with E-state index in [1.165, 1.54) is 44.3 Å². The maximum atomic E-state index is 6.09. The molecule has 2 aliphatic rings. The first-order chi connectivity index (χ1) is 8.70. The minimum atomic E-state index is 0.677. The van der Waals surface area contributed by atoms with Crippen LogP contribution in [0.5, 0.6) is 0 Å². The van der Waals surface area contributed by atoms with Crippen LogP contribution in [0.1, 0.15) is 31.2 Å². The van der Waals surface area contributed by atoms with Crippen molar-refractivity contribution in [3.05, 3.63) is 28.8 Å². The molecular formula is C15H21ClN2. The third kappa shape index (κ3) is 3.39. The Bertz CT molecular complexity index is 411. The molecule has 0 bridgehead atoms. The third-order valence-electron chi connectivity index (χ3n) is 3.90. The molecule has 1 aromatic rings. The number of nitrogens with zero attached hydrogens (tertiary/aromatic N) is 1. The Morgan fingerprint density at radius 1 is 1.11 bits per heavy atom. The third-order valence-corrected chi connectivity index (χ3v) is 4.23. The number of nitrogen functional groups attached to an aromatic ring is 1. The first-order valence-electron chi connectivity index (χ1n) is 6.97. The number of hydrogen-bond donors (Lipinski definition) is 1. The molecule has 0 heterocycles. The van der Waals surface area contributed by atoms with Crippen molar-refractivity contribution >= 4 is 17.3 Å². The van der Waals surface area contributed by atoms with E-state index in [-0.39, 0.29) is 0 Å². The van der Waals surface area contributed by atoms with Crippen LogP contribution >= 0.6 is 11.6 Å². The maximum Gasteiger partial charge on any atom is 0.0638 e. The Morgan fingerprint density at radius 2 is 1.72 bits per heavy atom. The molecule has 0 amide bonds. The van der Waals surface area contributed by atoms with Gasteiger partial charge in [0.05, 0.1) is 10.7 Å². The quantitative estimate of drug-likeness (QED) is 0.797. The molecule has 0 radical (unpaired) electrons. The molecule has 0 aromatic heterocycles. The number of anilines is 1. The van der Waals surface area contributed by atoms with Gasteiger partial charge in [-0.05, 0) is 55.2 Å². The molecule has 1 aromatic carbocycles. The van der Waals surface area contributed by atoms with Crippen molar-refractivity contribution in [2.75, 3.05) is 18.8 Å². The molecule has 3 rings (SSSR count). The van der Waals surface area contributed by atoms with Crippen LogP contribution in [-0.2, 0) is 6.54 Å². The molecule has 0 unspecified atom stereocenters. The number of nitrogens with two attached hydrogens (primary N) is 1. The van der Waals surface area contributed by atoms with Crippen LogP contribution < -0.4 is 5.73 Å². The second kappa shape index (κ2) is 5.10. The lowest BCUT2D eigenvalue weighted by molar-refractivity contribution is 0.244. The summed E-state index contributed by atoms with van der Waals surface area (Å²) in [5, 5.41) is 0.685. The van der Waals surface area contributed by atoms with Gasteiger partial charge in [0, 0.05) is 19.6 Å². The van der Waals surface area contributed by atoms with Crippen LogP contribution in [0.4, 0.5) is 5.69 Å².